The summed E-state index contributed by atoms with van der Waals surface area (Å²) in [4.78, 5) is 0. The third-order valence-electron chi connectivity index (χ3n) is 3.59. The van der Waals surface area contributed by atoms with Gasteiger partial charge in [0.25, 0.3) is 0 Å². The van der Waals surface area contributed by atoms with Gasteiger partial charge < -0.3 is 5.32 Å². The van der Waals surface area contributed by atoms with Crippen LogP contribution < -0.4 is 10.7 Å². The van der Waals surface area contributed by atoms with Crippen LogP contribution in [0.15, 0.2) is 41.5 Å². The highest BCUT2D eigenvalue weighted by molar-refractivity contribution is 7.80. The largest absolute Gasteiger partial charge is 0.359 e. The van der Waals surface area contributed by atoms with Crippen LogP contribution in [-0.4, -0.2) is 16.9 Å². The van der Waals surface area contributed by atoms with Gasteiger partial charge in [0.05, 0.1) is 5.71 Å². The van der Waals surface area contributed by atoms with Crippen molar-refractivity contribution in [2.24, 2.45) is 5.10 Å². The Balaban J connectivity index is 1.77. The molecule has 1 saturated carbocycles. The van der Waals surface area contributed by atoms with E-state index in [9.17, 15) is 0 Å². The van der Waals surface area contributed by atoms with Crippen LogP contribution in [0.1, 0.15) is 44.6 Å². The number of allylic oxidation sites excluding steroid dienone is 1. The molecule has 0 radical (unpaired) electrons. The second kappa shape index (κ2) is 8.57. The van der Waals surface area contributed by atoms with E-state index in [4.69, 9.17) is 12.2 Å². The highest BCUT2D eigenvalue weighted by Gasteiger charge is 2.13. The molecule has 112 valence electrons. The Labute approximate surface area is 132 Å². The molecule has 1 aromatic rings. The SMILES string of the molecule is CC(/C=C/c1ccccc1)=N\NC(=S)NC1CCCCC1. The van der Waals surface area contributed by atoms with Gasteiger partial charge in [-0.25, -0.2) is 0 Å². The Morgan fingerprint density at radius 1 is 1.19 bits per heavy atom. The molecule has 0 heterocycles. The molecule has 1 fully saturated rings. The molecule has 0 saturated heterocycles. The molecule has 0 spiro atoms. The van der Waals surface area contributed by atoms with Crippen LogP contribution in [0.5, 0.6) is 0 Å². The van der Waals surface area contributed by atoms with Crippen LogP contribution >= 0.6 is 12.2 Å². The lowest BCUT2D eigenvalue weighted by atomic mass is 9.96. The second-order valence-corrected chi connectivity index (χ2v) is 5.83. The molecule has 21 heavy (non-hydrogen) atoms. The summed E-state index contributed by atoms with van der Waals surface area (Å²) >= 11 is 5.28. The number of benzene rings is 1. The summed E-state index contributed by atoms with van der Waals surface area (Å²) in [6, 6.07) is 10.7. The first-order chi connectivity index (χ1) is 10.2. The minimum atomic E-state index is 0.508. The predicted molar refractivity (Wildman–Crippen MR) is 94.3 cm³/mol. The first-order valence-corrected chi connectivity index (χ1v) is 7.99. The summed E-state index contributed by atoms with van der Waals surface area (Å²) in [5.41, 5.74) is 4.98. The molecule has 3 nitrogen and oxygen atoms in total. The van der Waals surface area contributed by atoms with Crippen LogP contribution in [0.25, 0.3) is 6.08 Å². The van der Waals surface area contributed by atoms with Crippen molar-refractivity contribution in [1.82, 2.24) is 10.7 Å². The quantitative estimate of drug-likeness (QED) is 0.503. The first-order valence-electron chi connectivity index (χ1n) is 7.58. The summed E-state index contributed by atoms with van der Waals surface area (Å²) in [6.45, 7) is 1.95. The molecular formula is C17H23N3S. The second-order valence-electron chi connectivity index (χ2n) is 5.42. The maximum Gasteiger partial charge on any atom is 0.187 e. The highest BCUT2D eigenvalue weighted by atomic mass is 32.1. The molecule has 1 aliphatic rings. The first kappa shape index (κ1) is 15.7. The number of hydrogen-bond acceptors (Lipinski definition) is 2. The van der Waals surface area contributed by atoms with E-state index in [0.717, 1.165) is 11.3 Å². The smallest absolute Gasteiger partial charge is 0.187 e. The Bertz CT molecular complexity index is 502. The van der Waals surface area contributed by atoms with Crippen molar-refractivity contribution < 1.29 is 0 Å². The maximum atomic E-state index is 5.28. The Morgan fingerprint density at radius 2 is 1.90 bits per heavy atom. The van der Waals surface area contributed by atoms with Gasteiger partial charge in [0.15, 0.2) is 5.11 Å². The summed E-state index contributed by atoms with van der Waals surface area (Å²) in [5.74, 6) is 0. The van der Waals surface area contributed by atoms with Gasteiger partial charge in [0.1, 0.15) is 0 Å². The molecule has 2 rings (SSSR count). The zero-order valence-corrected chi connectivity index (χ0v) is 13.3. The van der Waals surface area contributed by atoms with Crippen molar-refractivity contribution in [2.45, 2.75) is 45.1 Å². The number of hydrazone groups is 1. The molecule has 4 heteroatoms. The average Bonchev–Trinajstić information content (AvgIpc) is 2.53. The van der Waals surface area contributed by atoms with Gasteiger partial charge in [-0.15, -0.1) is 0 Å². The summed E-state index contributed by atoms with van der Waals surface area (Å²) in [7, 11) is 0. The molecule has 0 aliphatic heterocycles. The minimum absolute atomic E-state index is 0.508. The normalized spacial score (nSPS) is 16.9. The number of thiocarbonyl (C=S) groups is 1. The topological polar surface area (TPSA) is 36.4 Å². The van der Waals surface area contributed by atoms with E-state index < -0.39 is 0 Å². The van der Waals surface area contributed by atoms with Crippen molar-refractivity contribution in [3.05, 3.63) is 42.0 Å². The molecule has 2 N–H and O–H groups in total. The molecule has 1 aliphatic carbocycles. The lowest BCUT2D eigenvalue weighted by Gasteiger charge is -2.23. The fourth-order valence-electron chi connectivity index (χ4n) is 2.42. The maximum absolute atomic E-state index is 5.28. The van der Waals surface area contributed by atoms with Gasteiger partial charge >= 0.3 is 0 Å². The van der Waals surface area contributed by atoms with Gasteiger partial charge in [-0.1, -0.05) is 55.7 Å². The van der Waals surface area contributed by atoms with Crippen molar-refractivity contribution in [3.63, 3.8) is 0 Å². The van der Waals surface area contributed by atoms with Gasteiger partial charge in [-0.2, -0.15) is 5.10 Å². The molecule has 0 bridgehead atoms. The summed E-state index contributed by atoms with van der Waals surface area (Å²) in [6.07, 6.45) is 10.4. The van der Waals surface area contributed by atoms with E-state index in [-0.39, 0.29) is 0 Å². The van der Waals surface area contributed by atoms with Gasteiger partial charge in [-0.05, 0) is 43.6 Å². The molecular weight excluding hydrogens is 278 g/mol. The zero-order valence-electron chi connectivity index (χ0n) is 12.5. The monoisotopic (exact) mass is 301 g/mol. The molecule has 0 atom stereocenters. The van der Waals surface area contributed by atoms with Crippen molar-refractivity contribution in [1.29, 1.82) is 0 Å². The van der Waals surface area contributed by atoms with Crippen LogP contribution in [0, 0.1) is 0 Å². The van der Waals surface area contributed by atoms with E-state index >= 15 is 0 Å². The third kappa shape index (κ3) is 6.08. The van der Waals surface area contributed by atoms with E-state index in [1.165, 1.54) is 32.1 Å². The Hall–Kier alpha value is -1.68. The summed E-state index contributed by atoms with van der Waals surface area (Å²) < 4.78 is 0. The van der Waals surface area contributed by atoms with Crippen LogP contribution in [0.2, 0.25) is 0 Å². The van der Waals surface area contributed by atoms with Crippen LogP contribution in [0.3, 0.4) is 0 Å². The molecule has 0 amide bonds. The predicted octanol–water partition coefficient (Wildman–Crippen LogP) is 3.87. The Kier molecular flexibility index (Phi) is 6.41. The highest BCUT2D eigenvalue weighted by Crippen LogP contribution is 2.17. The van der Waals surface area contributed by atoms with Crippen molar-refractivity contribution in [3.8, 4) is 0 Å². The lowest BCUT2D eigenvalue weighted by molar-refractivity contribution is 0.412. The number of nitrogens with zero attached hydrogens (tertiary/aromatic N) is 1. The fraction of sp³-hybridized carbons (Fsp3) is 0.412. The van der Waals surface area contributed by atoms with E-state index in [1.54, 1.807) is 0 Å². The molecule has 1 aromatic carbocycles. The van der Waals surface area contributed by atoms with Crippen LogP contribution in [0.4, 0.5) is 0 Å². The van der Waals surface area contributed by atoms with Gasteiger partial charge in [0, 0.05) is 6.04 Å². The van der Waals surface area contributed by atoms with E-state index in [2.05, 4.69) is 28.0 Å². The fourth-order valence-corrected chi connectivity index (χ4v) is 2.63. The minimum Gasteiger partial charge on any atom is -0.359 e. The van der Waals surface area contributed by atoms with Gasteiger partial charge in [-0.3, -0.25) is 5.43 Å². The molecule has 0 unspecified atom stereocenters. The number of nitrogens with one attached hydrogen (secondary N) is 2. The molecule has 0 aromatic heterocycles. The van der Waals surface area contributed by atoms with Gasteiger partial charge in [0.2, 0.25) is 0 Å². The van der Waals surface area contributed by atoms with Crippen molar-refractivity contribution >= 4 is 29.1 Å². The van der Waals surface area contributed by atoms with E-state index in [0.29, 0.717) is 11.2 Å². The van der Waals surface area contributed by atoms with Crippen molar-refractivity contribution in [2.75, 3.05) is 0 Å². The number of rotatable bonds is 4. The average molecular weight is 301 g/mol. The standard InChI is InChI=1S/C17H23N3S/c1-14(12-13-15-8-4-2-5-9-15)19-20-17(21)18-16-10-6-3-7-11-16/h2,4-5,8-9,12-13,16H,3,6-7,10-11H2,1H3,(H2,18,20,21)/b13-12+,19-14+. The van der Waals surface area contributed by atoms with E-state index in [1.807, 2.05) is 37.3 Å². The lowest BCUT2D eigenvalue weighted by Crippen LogP contribution is -2.41. The van der Waals surface area contributed by atoms with Crippen LogP contribution in [-0.2, 0) is 0 Å². The summed E-state index contributed by atoms with van der Waals surface area (Å²) in [5, 5.41) is 8.24. The number of hydrogen-bond donors (Lipinski definition) is 2. The zero-order chi connectivity index (χ0) is 14.9. The Morgan fingerprint density at radius 3 is 2.62 bits per heavy atom. The third-order valence-corrected chi connectivity index (χ3v) is 3.80.